The molecule has 0 aliphatic carbocycles. The van der Waals surface area contributed by atoms with Gasteiger partial charge in [0.15, 0.2) is 0 Å². The van der Waals surface area contributed by atoms with Gasteiger partial charge >= 0.3 is 0 Å². The van der Waals surface area contributed by atoms with Crippen LogP contribution in [0.25, 0.3) is 0 Å². The average Bonchev–Trinajstić information content (AvgIpc) is 2.59. The van der Waals surface area contributed by atoms with E-state index in [4.69, 9.17) is 0 Å². The van der Waals surface area contributed by atoms with E-state index in [9.17, 15) is 0 Å². The van der Waals surface area contributed by atoms with Crippen molar-refractivity contribution in [2.75, 3.05) is 0 Å². The van der Waals surface area contributed by atoms with Crippen LogP contribution in [0.4, 0.5) is 0 Å². The number of benzene rings is 3. The van der Waals surface area contributed by atoms with Crippen molar-refractivity contribution in [3.05, 3.63) is 89.5 Å². The summed E-state index contributed by atoms with van der Waals surface area (Å²) in [5, 5.41) is 4.80. The third kappa shape index (κ3) is 2.91. The van der Waals surface area contributed by atoms with Gasteiger partial charge in [0, 0.05) is 0 Å². The second-order valence-electron chi connectivity index (χ2n) is 8.44. The van der Waals surface area contributed by atoms with Gasteiger partial charge in [-0.05, 0) is 36.3 Å². The number of hydrogen-bond acceptors (Lipinski definition) is 0. The third-order valence-corrected chi connectivity index (χ3v) is 21.3. The van der Waals surface area contributed by atoms with E-state index in [0.29, 0.717) is 0 Å². The maximum absolute atomic E-state index is 2.57. The average molecular weight is 375 g/mol. The zero-order chi connectivity index (χ0) is 18.9. The summed E-state index contributed by atoms with van der Waals surface area (Å²) in [6, 6.07) is 27.4. The molecule has 0 aliphatic heterocycles. The van der Waals surface area contributed by atoms with Crippen LogP contribution >= 0.6 is 0 Å². The predicted molar refractivity (Wildman–Crippen MR) is 122 cm³/mol. The number of rotatable bonds is 4. The number of aryl methyl sites for hydroxylation is 3. The fraction of sp³-hybridized carbons (Fsp3) is 0.250. The van der Waals surface area contributed by atoms with E-state index in [0.717, 1.165) is 0 Å². The van der Waals surface area contributed by atoms with Crippen LogP contribution in [0.2, 0.25) is 19.6 Å². The maximum Gasteiger partial charge on any atom is 0.139 e. The van der Waals surface area contributed by atoms with E-state index >= 15 is 0 Å². The Kier molecular flexibility index (Phi) is 5.09. The highest BCUT2D eigenvalue weighted by molar-refractivity contribution is 7.55. The maximum atomic E-state index is 2.57. The molecular formula is C24H30Si2. The fourth-order valence-electron chi connectivity index (χ4n) is 4.63. The lowest BCUT2D eigenvalue weighted by Gasteiger charge is -2.45. The van der Waals surface area contributed by atoms with Crippen molar-refractivity contribution < 1.29 is 0 Å². The topological polar surface area (TPSA) is 0 Å². The lowest BCUT2D eigenvalue weighted by Crippen LogP contribution is -2.81. The van der Waals surface area contributed by atoms with E-state index < -0.39 is 15.2 Å². The predicted octanol–water partition coefficient (Wildman–Crippen LogP) is 4.50. The van der Waals surface area contributed by atoms with Crippen LogP contribution in [0.3, 0.4) is 0 Å². The molecule has 0 bridgehead atoms. The van der Waals surface area contributed by atoms with Gasteiger partial charge < -0.3 is 0 Å². The Balaban J connectivity index is 2.56. The second-order valence-corrected chi connectivity index (χ2v) is 22.8. The van der Waals surface area contributed by atoms with Gasteiger partial charge in [0.1, 0.15) is 7.59 Å². The molecule has 0 radical (unpaired) electrons. The monoisotopic (exact) mass is 374 g/mol. The van der Waals surface area contributed by atoms with Gasteiger partial charge in [0.05, 0.1) is 7.59 Å². The van der Waals surface area contributed by atoms with Gasteiger partial charge in [-0.15, -0.1) is 0 Å². The van der Waals surface area contributed by atoms with Gasteiger partial charge in [-0.25, -0.2) is 0 Å². The van der Waals surface area contributed by atoms with E-state index in [2.05, 4.69) is 113 Å². The van der Waals surface area contributed by atoms with Gasteiger partial charge in [-0.3, -0.25) is 0 Å². The fourth-order valence-corrected chi connectivity index (χ4v) is 20.8. The van der Waals surface area contributed by atoms with Crippen molar-refractivity contribution in [3.63, 3.8) is 0 Å². The molecular weight excluding hydrogens is 344 g/mol. The molecule has 0 saturated heterocycles. The third-order valence-electron chi connectivity index (χ3n) is 5.77. The molecule has 2 heteroatoms. The highest BCUT2D eigenvalue weighted by Gasteiger charge is 2.51. The second kappa shape index (κ2) is 7.01. The molecule has 0 fully saturated rings. The summed E-state index contributed by atoms with van der Waals surface area (Å²) in [6.07, 6.45) is 0. The van der Waals surface area contributed by atoms with Crippen LogP contribution in [0.5, 0.6) is 0 Å². The Labute approximate surface area is 160 Å². The van der Waals surface area contributed by atoms with E-state index in [1.807, 2.05) is 0 Å². The van der Waals surface area contributed by atoms with Gasteiger partial charge in [0.25, 0.3) is 0 Å². The molecule has 0 nitrogen and oxygen atoms in total. The molecule has 0 aromatic heterocycles. The molecule has 3 rings (SSSR count). The van der Waals surface area contributed by atoms with E-state index in [1.165, 1.54) is 16.7 Å². The summed E-state index contributed by atoms with van der Waals surface area (Å²) in [5.41, 5.74) is 4.31. The van der Waals surface area contributed by atoms with Crippen molar-refractivity contribution in [2.45, 2.75) is 40.4 Å². The minimum Gasteiger partial charge on any atom is -0.0706 e. The van der Waals surface area contributed by atoms with Gasteiger partial charge in [0.2, 0.25) is 0 Å². The first kappa shape index (κ1) is 18.9. The van der Waals surface area contributed by atoms with Crippen molar-refractivity contribution in [1.82, 2.24) is 0 Å². The summed E-state index contributed by atoms with van der Waals surface area (Å²) in [4.78, 5) is 0. The summed E-state index contributed by atoms with van der Waals surface area (Å²) < 4.78 is 0. The molecule has 26 heavy (non-hydrogen) atoms. The zero-order valence-electron chi connectivity index (χ0n) is 16.9. The quantitative estimate of drug-likeness (QED) is 0.466. The number of hydrogen-bond donors (Lipinski definition) is 0. The molecule has 0 aliphatic rings. The SMILES string of the molecule is Cc1ccccc1[Si](c1ccccc1C)(c1ccccc1C)[Si](C)(C)C. The van der Waals surface area contributed by atoms with Crippen LogP contribution in [-0.4, -0.2) is 15.2 Å². The van der Waals surface area contributed by atoms with Crippen LogP contribution < -0.4 is 15.6 Å². The summed E-state index contributed by atoms with van der Waals surface area (Å²) in [6.45, 7) is 14.6. The molecule has 0 atom stereocenters. The first-order chi connectivity index (χ1) is 12.3. The normalized spacial score (nSPS) is 12.2. The molecule has 0 spiro atoms. The zero-order valence-corrected chi connectivity index (χ0v) is 18.9. The van der Waals surface area contributed by atoms with Gasteiger partial charge in [-0.2, -0.15) is 0 Å². The van der Waals surface area contributed by atoms with Crippen molar-refractivity contribution in [3.8, 4) is 0 Å². The van der Waals surface area contributed by atoms with Crippen molar-refractivity contribution in [2.24, 2.45) is 0 Å². The van der Waals surface area contributed by atoms with Crippen molar-refractivity contribution >= 4 is 30.7 Å². The minimum absolute atomic E-state index is 1.44. The highest BCUT2D eigenvalue weighted by Crippen LogP contribution is 2.24. The Hall–Kier alpha value is -1.91. The molecule has 0 N–H and O–H groups in total. The molecule has 0 unspecified atom stereocenters. The van der Waals surface area contributed by atoms with Crippen LogP contribution in [0, 0.1) is 20.8 Å². The Morgan fingerprint density at radius 2 is 0.731 bits per heavy atom. The minimum atomic E-state index is -2.12. The first-order valence-electron chi connectivity index (χ1n) is 9.48. The lowest BCUT2D eigenvalue weighted by molar-refractivity contribution is 1.46. The highest BCUT2D eigenvalue weighted by atomic mass is 29.3. The van der Waals surface area contributed by atoms with E-state index in [-0.39, 0.29) is 0 Å². The van der Waals surface area contributed by atoms with E-state index in [1.54, 1.807) is 15.6 Å². The van der Waals surface area contributed by atoms with Crippen LogP contribution in [0.1, 0.15) is 16.7 Å². The molecule has 0 heterocycles. The Morgan fingerprint density at radius 3 is 0.962 bits per heavy atom. The summed E-state index contributed by atoms with van der Waals surface area (Å²) >= 11 is 0. The van der Waals surface area contributed by atoms with Gasteiger partial charge in [-0.1, -0.05) is 109 Å². The standard InChI is InChI=1S/C24H30Si2/c1-19-13-7-10-16-22(19)26(25(4,5)6,23-17-11-8-14-20(23)2)24-18-12-9-15-21(24)3/h7-18H,1-6H3. The molecule has 3 aromatic rings. The van der Waals surface area contributed by atoms with Crippen LogP contribution in [-0.2, 0) is 0 Å². The molecule has 0 saturated carbocycles. The van der Waals surface area contributed by atoms with Crippen LogP contribution in [0.15, 0.2) is 72.8 Å². The molecule has 134 valence electrons. The first-order valence-corrected chi connectivity index (χ1v) is 16.0. The Bertz CT molecular complexity index is 808. The lowest BCUT2D eigenvalue weighted by atomic mass is 10.2. The molecule has 0 amide bonds. The smallest absolute Gasteiger partial charge is 0.0706 e. The van der Waals surface area contributed by atoms with Crippen molar-refractivity contribution in [1.29, 1.82) is 0 Å². The summed E-state index contributed by atoms with van der Waals surface area (Å²) in [7, 11) is -3.73. The Morgan fingerprint density at radius 1 is 0.462 bits per heavy atom. The molecule has 3 aromatic carbocycles. The summed E-state index contributed by atoms with van der Waals surface area (Å²) in [5.74, 6) is 0. The largest absolute Gasteiger partial charge is 0.139 e.